The molecule has 0 radical (unpaired) electrons. The van der Waals surface area contributed by atoms with Crippen LogP contribution in [0.15, 0.2) is 52.3 Å². The summed E-state index contributed by atoms with van der Waals surface area (Å²) >= 11 is 0. The molecular weight excluding hydrogens is 436 g/mol. The van der Waals surface area contributed by atoms with Crippen LogP contribution in [0.4, 0.5) is 0 Å². The van der Waals surface area contributed by atoms with Crippen LogP contribution in [-0.2, 0) is 24.8 Å². The monoisotopic (exact) mass is 464 g/mol. The zero-order chi connectivity index (χ0) is 22.4. The van der Waals surface area contributed by atoms with Crippen molar-refractivity contribution in [3.63, 3.8) is 0 Å². The molecule has 31 heavy (non-hydrogen) atoms. The summed E-state index contributed by atoms with van der Waals surface area (Å²) in [6.07, 6.45) is 0.588. The molecule has 7 nitrogen and oxygen atoms in total. The summed E-state index contributed by atoms with van der Waals surface area (Å²) in [6, 6.07) is 12.2. The second kappa shape index (κ2) is 7.97. The number of sulfonamides is 2. The van der Waals surface area contributed by atoms with Gasteiger partial charge >= 0.3 is 0 Å². The van der Waals surface area contributed by atoms with Crippen molar-refractivity contribution in [2.24, 2.45) is 0 Å². The predicted molar refractivity (Wildman–Crippen MR) is 118 cm³/mol. The van der Waals surface area contributed by atoms with Crippen molar-refractivity contribution in [1.82, 2.24) is 8.61 Å². The molecule has 2 fully saturated rings. The van der Waals surface area contributed by atoms with Gasteiger partial charge in [-0.2, -0.15) is 8.61 Å². The molecule has 0 aliphatic carbocycles. The molecule has 0 aromatic heterocycles. The summed E-state index contributed by atoms with van der Waals surface area (Å²) < 4.78 is 62.0. The molecular formula is C22H28N2O5S2. The third-order valence-corrected chi connectivity index (χ3v) is 10.2. The van der Waals surface area contributed by atoms with Crippen molar-refractivity contribution in [1.29, 1.82) is 0 Å². The van der Waals surface area contributed by atoms with Crippen LogP contribution < -0.4 is 0 Å². The van der Waals surface area contributed by atoms with Crippen molar-refractivity contribution >= 4 is 20.0 Å². The van der Waals surface area contributed by atoms with Crippen LogP contribution in [0, 0.1) is 20.8 Å². The molecule has 2 saturated heterocycles. The third-order valence-electron chi connectivity index (χ3n) is 6.19. The third kappa shape index (κ3) is 3.93. The van der Waals surface area contributed by atoms with Gasteiger partial charge in [0.05, 0.1) is 16.4 Å². The Morgan fingerprint density at radius 1 is 0.806 bits per heavy atom. The lowest BCUT2D eigenvalue weighted by molar-refractivity contribution is -0.0806. The Balaban J connectivity index is 1.58. The average molecular weight is 465 g/mol. The molecule has 2 aliphatic rings. The minimum absolute atomic E-state index is 0.204. The molecule has 0 bridgehead atoms. The Morgan fingerprint density at radius 2 is 1.42 bits per heavy atom. The summed E-state index contributed by atoms with van der Waals surface area (Å²) in [5.41, 5.74) is 1.56. The lowest BCUT2D eigenvalue weighted by atomic mass is 10.0. The van der Waals surface area contributed by atoms with E-state index in [9.17, 15) is 16.8 Å². The standard InChI is InChI=1S/C22H28N2O5S2/c1-17-5-8-20(9-6-17)30(25,26)24-14-15-29-22(24)10-12-23(13-11-22)31(27,28)21-16-18(2)4-7-19(21)3/h4-9,16H,10-15H2,1-3H3. The number of nitrogens with zero attached hydrogens (tertiary/aromatic N) is 2. The van der Waals surface area contributed by atoms with E-state index in [1.807, 2.05) is 26.0 Å². The highest BCUT2D eigenvalue weighted by Gasteiger charge is 2.51. The molecule has 0 unspecified atom stereocenters. The molecule has 1 spiro atoms. The Labute approximate surface area is 184 Å². The van der Waals surface area contributed by atoms with Gasteiger partial charge < -0.3 is 4.74 Å². The zero-order valence-electron chi connectivity index (χ0n) is 18.0. The molecule has 4 rings (SSSR count). The van der Waals surface area contributed by atoms with Gasteiger partial charge in [-0.25, -0.2) is 16.8 Å². The van der Waals surface area contributed by atoms with Crippen LogP contribution in [0.5, 0.6) is 0 Å². The van der Waals surface area contributed by atoms with Gasteiger partial charge in [-0.05, 0) is 50.1 Å². The Bertz CT molecular complexity index is 1180. The Kier molecular flexibility index (Phi) is 5.76. The first-order valence-electron chi connectivity index (χ1n) is 10.4. The number of hydrogen-bond acceptors (Lipinski definition) is 5. The molecule has 0 N–H and O–H groups in total. The summed E-state index contributed by atoms with van der Waals surface area (Å²) in [7, 11) is -7.40. The van der Waals surface area contributed by atoms with Crippen LogP contribution >= 0.6 is 0 Å². The van der Waals surface area contributed by atoms with Crippen LogP contribution in [0.2, 0.25) is 0 Å². The van der Waals surface area contributed by atoms with Gasteiger partial charge in [0.2, 0.25) is 20.0 Å². The maximum absolute atomic E-state index is 13.3. The lowest BCUT2D eigenvalue weighted by Crippen LogP contribution is -2.55. The SMILES string of the molecule is Cc1ccc(S(=O)(=O)N2CCOC23CCN(S(=O)(=O)c2cc(C)ccc2C)CC3)cc1. The number of benzene rings is 2. The molecule has 2 aromatic carbocycles. The van der Waals surface area contributed by atoms with Crippen molar-refractivity contribution in [2.45, 2.75) is 49.1 Å². The highest BCUT2D eigenvalue weighted by atomic mass is 32.2. The highest BCUT2D eigenvalue weighted by molar-refractivity contribution is 7.89. The first-order chi connectivity index (χ1) is 14.6. The lowest BCUT2D eigenvalue weighted by Gasteiger charge is -2.42. The Hall–Kier alpha value is -1.78. The molecule has 2 aromatic rings. The molecule has 2 heterocycles. The molecule has 9 heteroatoms. The predicted octanol–water partition coefficient (Wildman–Crippen LogP) is 2.81. The maximum atomic E-state index is 13.3. The fraction of sp³-hybridized carbons (Fsp3) is 0.455. The fourth-order valence-corrected chi connectivity index (χ4v) is 7.84. The smallest absolute Gasteiger partial charge is 0.245 e. The topological polar surface area (TPSA) is 84.0 Å². The number of rotatable bonds is 4. The molecule has 2 aliphatic heterocycles. The second-order valence-corrected chi connectivity index (χ2v) is 12.1. The van der Waals surface area contributed by atoms with Crippen LogP contribution in [0.3, 0.4) is 0 Å². The van der Waals surface area contributed by atoms with E-state index >= 15 is 0 Å². The van der Waals surface area contributed by atoms with Gasteiger partial charge in [0.15, 0.2) is 0 Å². The van der Waals surface area contributed by atoms with E-state index in [4.69, 9.17) is 4.74 Å². The first-order valence-corrected chi connectivity index (χ1v) is 13.3. The fourth-order valence-electron chi connectivity index (χ4n) is 4.36. The quantitative estimate of drug-likeness (QED) is 0.695. The van der Waals surface area contributed by atoms with Crippen LogP contribution in [0.1, 0.15) is 29.5 Å². The van der Waals surface area contributed by atoms with E-state index in [0.29, 0.717) is 29.9 Å². The zero-order valence-corrected chi connectivity index (χ0v) is 19.7. The number of ether oxygens (including phenoxy) is 1. The molecule has 168 valence electrons. The van der Waals surface area contributed by atoms with E-state index in [2.05, 4.69) is 0 Å². The Morgan fingerprint density at radius 3 is 2.06 bits per heavy atom. The molecule has 0 atom stereocenters. The van der Waals surface area contributed by atoms with E-state index in [-0.39, 0.29) is 24.5 Å². The van der Waals surface area contributed by atoms with Gasteiger partial charge in [0.25, 0.3) is 0 Å². The van der Waals surface area contributed by atoms with E-state index in [0.717, 1.165) is 11.1 Å². The van der Waals surface area contributed by atoms with E-state index in [1.165, 1.54) is 8.61 Å². The minimum Gasteiger partial charge on any atom is -0.358 e. The molecule has 0 saturated carbocycles. The van der Waals surface area contributed by atoms with Crippen LogP contribution in [-0.4, -0.2) is 57.4 Å². The minimum atomic E-state index is -3.74. The molecule has 0 amide bonds. The summed E-state index contributed by atoms with van der Waals surface area (Å²) in [5, 5.41) is 0. The van der Waals surface area contributed by atoms with Gasteiger partial charge in [0.1, 0.15) is 5.72 Å². The number of aryl methyl sites for hydroxylation is 3. The summed E-state index contributed by atoms with van der Waals surface area (Å²) in [4.78, 5) is 0.535. The van der Waals surface area contributed by atoms with Crippen molar-refractivity contribution < 1.29 is 21.6 Å². The second-order valence-electron chi connectivity index (χ2n) is 8.36. The largest absolute Gasteiger partial charge is 0.358 e. The maximum Gasteiger partial charge on any atom is 0.245 e. The van der Waals surface area contributed by atoms with Crippen molar-refractivity contribution in [3.05, 3.63) is 59.2 Å². The average Bonchev–Trinajstić information content (AvgIpc) is 3.14. The van der Waals surface area contributed by atoms with Crippen molar-refractivity contribution in [2.75, 3.05) is 26.2 Å². The van der Waals surface area contributed by atoms with E-state index < -0.39 is 25.8 Å². The summed E-state index contributed by atoms with van der Waals surface area (Å²) in [6.45, 7) is 6.53. The highest BCUT2D eigenvalue weighted by Crippen LogP contribution is 2.39. The normalized spacial score (nSPS) is 20.4. The number of hydrogen-bond donors (Lipinski definition) is 0. The van der Waals surface area contributed by atoms with Gasteiger partial charge in [-0.3, -0.25) is 0 Å². The van der Waals surface area contributed by atoms with Crippen LogP contribution in [0.25, 0.3) is 0 Å². The van der Waals surface area contributed by atoms with Crippen molar-refractivity contribution in [3.8, 4) is 0 Å². The first kappa shape index (κ1) is 22.4. The van der Waals surface area contributed by atoms with Gasteiger partial charge in [0, 0.05) is 32.5 Å². The van der Waals surface area contributed by atoms with Gasteiger partial charge in [-0.1, -0.05) is 29.8 Å². The number of piperidine rings is 1. The van der Waals surface area contributed by atoms with E-state index in [1.54, 1.807) is 37.3 Å². The summed E-state index contributed by atoms with van der Waals surface area (Å²) in [5.74, 6) is 0. The van der Waals surface area contributed by atoms with Gasteiger partial charge in [-0.15, -0.1) is 0 Å².